The molecule has 2 aromatic carbocycles. The van der Waals surface area contributed by atoms with E-state index >= 15 is 0 Å². The van der Waals surface area contributed by atoms with Crippen LogP contribution in [0.3, 0.4) is 0 Å². The third kappa shape index (κ3) is 4.77. The van der Waals surface area contributed by atoms with E-state index in [4.69, 9.17) is 4.74 Å². The molecule has 0 aromatic heterocycles. The van der Waals surface area contributed by atoms with Crippen molar-refractivity contribution in [2.24, 2.45) is 0 Å². The largest absolute Gasteiger partial charge is 0.492 e. The van der Waals surface area contributed by atoms with Crippen molar-refractivity contribution in [1.29, 1.82) is 0 Å². The maximum absolute atomic E-state index is 12.8. The summed E-state index contributed by atoms with van der Waals surface area (Å²) in [6, 6.07) is 12.4. The molecule has 6 heteroatoms. The Kier molecular flexibility index (Phi) is 5.74. The van der Waals surface area contributed by atoms with E-state index in [1.54, 1.807) is 0 Å². The van der Waals surface area contributed by atoms with Crippen LogP contribution in [-0.4, -0.2) is 21.6 Å². The fourth-order valence-corrected chi connectivity index (χ4v) is 3.14. The molecular formula is C17H20FNO3S. The molecule has 4 nitrogen and oxygen atoms in total. The summed E-state index contributed by atoms with van der Waals surface area (Å²) in [4.78, 5) is 0.0291. The molecule has 0 aliphatic carbocycles. The van der Waals surface area contributed by atoms with E-state index in [-0.39, 0.29) is 18.0 Å². The number of ether oxygens (including phenoxy) is 1. The molecule has 2 rings (SSSR count). The molecule has 0 atom stereocenters. The first-order valence-corrected chi connectivity index (χ1v) is 8.85. The first-order chi connectivity index (χ1) is 10.9. The molecule has 0 heterocycles. The molecule has 1 N–H and O–H groups in total. The summed E-state index contributed by atoms with van der Waals surface area (Å²) in [6.07, 6.45) is 0. The SMILES string of the molecule is CC(C)c1ccccc1OCCNS(=O)(=O)c1ccc(F)cc1. The monoisotopic (exact) mass is 337 g/mol. The highest BCUT2D eigenvalue weighted by atomic mass is 32.2. The van der Waals surface area contributed by atoms with Crippen molar-refractivity contribution in [1.82, 2.24) is 4.72 Å². The summed E-state index contributed by atoms with van der Waals surface area (Å²) in [6.45, 7) is 4.48. The highest BCUT2D eigenvalue weighted by molar-refractivity contribution is 7.89. The Bertz CT molecular complexity index is 743. The summed E-state index contributed by atoms with van der Waals surface area (Å²) in [5.41, 5.74) is 1.08. The second-order valence-corrected chi connectivity index (χ2v) is 7.16. The topological polar surface area (TPSA) is 55.4 Å². The van der Waals surface area contributed by atoms with Crippen LogP contribution in [0.15, 0.2) is 53.4 Å². The first kappa shape index (κ1) is 17.4. The normalized spacial score (nSPS) is 11.7. The number of para-hydroxylation sites is 1. The lowest BCUT2D eigenvalue weighted by molar-refractivity contribution is 0.318. The van der Waals surface area contributed by atoms with Gasteiger partial charge in [-0.1, -0.05) is 32.0 Å². The average molecular weight is 337 g/mol. The van der Waals surface area contributed by atoms with Crippen LogP contribution in [0, 0.1) is 5.82 Å². The van der Waals surface area contributed by atoms with E-state index in [0.29, 0.717) is 5.92 Å². The molecule has 0 unspecified atom stereocenters. The van der Waals surface area contributed by atoms with Crippen molar-refractivity contribution in [2.45, 2.75) is 24.7 Å². The summed E-state index contributed by atoms with van der Waals surface area (Å²) in [7, 11) is -3.65. The molecule has 0 saturated carbocycles. The van der Waals surface area contributed by atoms with Crippen LogP contribution in [0.2, 0.25) is 0 Å². The van der Waals surface area contributed by atoms with Gasteiger partial charge in [-0.05, 0) is 41.8 Å². The predicted molar refractivity (Wildman–Crippen MR) is 87.6 cm³/mol. The fourth-order valence-electron chi connectivity index (χ4n) is 2.12. The standard InChI is InChI=1S/C17H20FNO3S/c1-13(2)16-5-3-4-6-17(16)22-12-11-19-23(20,21)15-9-7-14(18)8-10-15/h3-10,13,19H,11-12H2,1-2H3. The van der Waals surface area contributed by atoms with Crippen molar-refractivity contribution < 1.29 is 17.5 Å². The maximum atomic E-state index is 12.8. The van der Waals surface area contributed by atoms with Gasteiger partial charge in [-0.25, -0.2) is 17.5 Å². The third-order valence-electron chi connectivity index (χ3n) is 3.32. The number of benzene rings is 2. The first-order valence-electron chi connectivity index (χ1n) is 7.37. The number of sulfonamides is 1. The molecule has 0 saturated heterocycles. The minimum atomic E-state index is -3.65. The second kappa shape index (κ2) is 7.57. The van der Waals surface area contributed by atoms with Gasteiger partial charge >= 0.3 is 0 Å². The Morgan fingerprint density at radius 3 is 2.39 bits per heavy atom. The number of halogens is 1. The average Bonchev–Trinajstić information content (AvgIpc) is 2.52. The molecule has 0 aliphatic heterocycles. The number of hydrogen-bond acceptors (Lipinski definition) is 3. The van der Waals surface area contributed by atoms with Crippen molar-refractivity contribution in [2.75, 3.05) is 13.2 Å². The molecule has 0 aliphatic rings. The van der Waals surface area contributed by atoms with Gasteiger partial charge in [-0.15, -0.1) is 0 Å². The zero-order valence-electron chi connectivity index (χ0n) is 13.1. The van der Waals surface area contributed by atoms with Gasteiger partial charge < -0.3 is 4.74 Å². The van der Waals surface area contributed by atoms with Crippen molar-refractivity contribution in [3.05, 3.63) is 59.9 Å². The maximum Gasteiger partial charge on any atom is 0.240 e. The van der Waals surface area contributed by atoms with Crippen LogP contribution in [0.25, 0.3) is 0 Å². The van der Waals surface area contributed by atoms with Crippen molar-refractivity contribution >= 4 is 10.0 Å². The van der Waals surface area contributed by atoms with Gasteiger partial charge in [0.15, 0.2) is 0 Å². The predicted octanol–water partition coefficient (Wildman–Crippen LogP) is 3.31. The van der Waals surface area contributed by atoms with Gasteiger partial charge in [0, 0.05) is 6.54 Å². The van der Waals surface area contributed by atoms with E-state index in [1.807, 2.05) is 24.3 Å². The lowest BCUT2D eigenvalue weighted by Crippen LogP contribution is -2.28. The Morgan fingerprint density at radius 1 is 1.09 bits per heavy atom. The molecule has 0 fully saturated rings. The summed E-state index contributed by atoms with van der Waals surface area (Å²) in [5, 5.41) is 0. The second-order valence-electron chi connectivity index (χ2n) is 5.39. The molecular weight excluding hydrogens is 317 g/mol. The van der Waals surface area contributed by atoms with Crippen molar-refractivity contribution in [3.8, 4) is 5.75 Å². The molecule has 0 bridgehead atoms. The minimum Gasteiger partial charge on any atom is -0.492 e. The van der Waals surface area contributed by atoms with Crippen molar-refractivity contribution in [3.63, 3.8) is 0 Å². The minimum absolute atomic E-state index is 0.0291. The van der Waals surface area contributed by atoms with Gasteiger partial charge in [0.1, 0.15) is 18.2 Å². The van der Waals surface area contributed by atoms with Gasteiger partial charge in [0.25, 0.3) is 0 Å². The van der Waals surface area contributed by atoms with Crippen LogP contribution in [0.4, 0.5) is 4.39 Å². The van der Waals surface area contributed by atoms with Gasteiger partial charge in [-0.2, -0.15) is 0 Å². The lowest BCUT2D eigenvalue weighted by Gasteiger charge is -2.14. The Balaban J connectivity index is 1.91. The van der Waals surface area contributed by atoms with Crippen LogP contribution in [0.5, 0.6) is 5.75 Å². The van der Waals surface area contributed by atoms with Crippen LogP contribution in [-0.2, 0) is 10.0 Å². The van der Waals surface area contributed by atoms with Crippen LogP contribution >= 0.6 is 0 Å². The smallest absolute Gasteiger partial charge is 0.240 e. The van der Waals surface area contributed by atoms with Gasteiger partial charge in [0.05, 0.1) is 4.90 Å². The lowest BCUT2D eigenvalue weighted by atomic mass is 10.0. The van der Waals surface area contributed by atoms with E-state index in [2.05, 4.69) is 18.6 Å². The van der Waals surface area contributed by atoms with E-state index in [9.17, 15) is 12.8 Å². The number of hydrogen-bond donors (Lipinski definition) is 1. The Hall–Kier alpha value is -1.92. The molecule has 0 radical (unpaired) electrons. The highest BCUT2D eigenvalue weighted by Gasteiger charge is 2.13. The Morgan fingerprint density at radius 2 is 1.74 bits per heavy atom. The van der Waals surface area contributed by atoms with Gasteiger partial charge in [0.2, 0.25) is 10.0 Å². The van der Waals surface area contributed by atoms with E-state index < -0.39 is 15.8 Å². The Labute approximate surface area is 136 Å². The molecule has 0 amide bonds. The third-order valence-corrected chi connectivity index (χ3v) is 4.79. The summed E-state index contributed by atoms with van der Waals surface area (Å²) >= 11 is 0. The van der Waals surface area contributed by atoms with Crippen LogP contribution in [0.1, 0.15) is 25.3 Å². The molecule has 2 aromatic rings. The summed E-state index contributed by atoms with van der Waals surface area (Å²) in [5.74, 6) is 0.600. The van der Waals surface area contributed by atoms with Crippen LogP contribution < -0.4 is 9.46 Å². The molecule has 23 heavy (non-hydrogen) atoms. The van der Waals surface area contributed by atoms with E-state index in [0.717, 1.165) is 23.4 Å². The fraction of sp³-hybridized carbons (Fsp3) is 0.294. The molecule has 0 spiro atoms. The highest BCUT2D eigenvalue weighted by Crippen LogP contribution is 2.25. The molecule has 124 valence electrons. The number of rotatable bonds is 7. The summed E-state index contributed by atoms with van der Waals surface area (Å²) < 4.78 is 45.0. The quantitative estimate of drug-likeness (QED) is 0.789. The number of nitrogens with one attached hydrogen (secondary N) is 1. The zero-order valence-corrected chi connectivity index (χ0v) is 13.9. The van der Waals surface area contributed by atoms with E-state index in [1.165, 1.54) is 12.1 Å². The van der Waals surface area contributed by atoms with Gasteiger partial charge in [-0.3, -0.25) is 0 Å². The zero-order chi connectivity index (χ0) is 16.9.